The van der Waals surface area contributed by atoms with Gasteiger partial charge in [-0.3, -0.25) is 9.59 Å². The van der Waals surface area contributed by atoms with Crippen LogP contribution in [0, 0.1) is 0 Å². The average molecular weight is 231 g/mol. The van der Waals surface area contributed by atoms with Gasteiger partial charge in [0.25, 0.3) is 0 Å². The van der Waals surface area contributed by atoms with E-state index in [0.29, 0.717) is 12.8 Å². The van der Waals surface area contributed by atoms with Crippen molar-refractivity contribution in [3.8, 4) is 0 Å². The molecule has 0 aromatic rings. The Kier molecular flexibility index (Phi) is 6.03. The number of hydrogen-bond donors (Lipinski definition) is 2. The fourth-order valence-corrected chi connectivity index (χ4v) is 1.21. The Morgan fingerprint density at radius 1 is 1.38 bits per heavy atom. The number of aliphatic carboxylic acids is 1. The van der Waals surface area contributed by atoms with E-state index in [-0.39, 0.29) is 24.9 Å². The highest BCUT2D eigenvalue weighted by atomic mass is 16.6. The molecule has 0 amide bonds. The fraction of sp³-hybridized carbons (Fsp3) is 0.818. The van der Waals surface area contributed by atoms with Crippen molar-refractivity contribution in [2.45, 2.75) is 58.1 Å². The summed E-state index contributed by atoms with van der Waals surface area (Å²) >= 11 is 0. The lowest BCUT2D eigenvalue weighted by Gasteiger charge is -2.20. The van der Waals surface area contributed by atoms with Gasteiger partial charge < -0.3 is 15.6 Å². The highest BCUT2D eigenvalue weighted by Crippen LogP contribution is 2.10. The van der Waals surface area contributed by atoms with Gasteiger partial charge >= 0.3 is 11.9 Å². The van der Waals surface area contributed by atoms with Gasteiger partial charge in [0, 0.05) is 12.5 Å². The van der Waals surface area contributed by atoms with Gasteiger partial charge in [-0.05, 0) is 33.6 Å². The average Bonchev–Trinajstić information content (AvgIpc) is 1.98. The minimum Gasteiger partial charge on any atom is -0.481 e. The number of carbonyl (C=O) groups is 2. The molecule has 0 heterocycles. The Labute approximate surface area is 96.0 Å². The molecule has 5 heteroatoms. The quantitative estimate of drug-likeness (QED) is 0.672. The van der Waals surface area contributed by atoms with Gasteiger partial charge in [-0.1, -0.05) is 0 Å². The van der Waals surface area contributed by atoms with Gasteiger partial charge in [-0.15, -0.1) is 0 Å². The molecule has 16 heavy (non-hydrogen) atoms. The summed E-state index contributed by atoms with van der Waals surface area (Å²) in [5.41, 5.74) is 5.18. The smallest absolute Gasteiger partial charge is 0.307 e. The minimum atomic E-state index is -0.843. The molecule has 0 aromatic carbocycles. The van der Waals surface area contributed by atoms with Crippen LogP contribution in [0.3, 0.4) is 0 Å². The third kappa shape index (κ3) is 9.45. The Bertz CT molecular complexity index is 245. The van der Waals surface area contributed by atoms with Gasteiger partial charge in [0.2, 0.25) is 0 Å². The SMILES string of the molecule is CC(C)(C)OC(=O)CC(N)CCCC(=O)O. The van der Waals surface area contributed by atoms with Gasteiger partial charge in [-0.2, -0.15) is 0 Å². The van der Waals surface area contributed by atoms with E-state index < -0.39 is 11.6 Å². The normalized spacial score (nSPS) is 13.2. The van der Waals surface area contributed by atoms with Gasteiger partial charge in [0.05, 0.1) is 6.42 Å². The van der Waals surface area contributed by atoms with Gasteiger partial charge in [0.15, 0.2) is 0 Å². The lowest BCUT2D eigenvalue weighted by molar-refractivity contribution is -0.155. The minimum absolute atomic E-state index is 0.0853. The maximum Gasteiger partial charge on any atom is 0.307 e. The summed E-state index contributed by atoms with van der Waals surface area (Å²) in [5, 5.41) is 8.43. The first-order chi connectivity index (χ1) is 7.20. The van der Waals surface area contributed by atoms with E-state index >= 15 is 0 Å². The molecule has 0 rings (SSSR count). The first-order valence-corrected chi connectivity index (χ1v) is 5.40. The lowest BCUT2D eigenvalue weighted by Crippen LogP contribution is -2.30. The largest absolute Gasteiger partial charge is 0.481 e. The second-order valence-electron chi connectivity index (χ2n) is 4.84. The predicted molar refractivity (Wildman–Crippen MR) is 59.9 cm³/mol. The molecule has 0 saturated carbocycles. The lowest BCUT2D eigenvalue weighted by atomic mass is 10.1. The Hall–Kier alpha value is -1.10. The topological polar surface area (TPSA) is 89.6 Å². The molecule has 0 radical (unpaired) electrons. The molecule has 0 aliphatic carbocycles. The number of ether oxygens (including phenoxy) is 1. The maximum absolute atomic E-state index is 11.3. The van der Waals surface area contributed by atoms with Crippen LogP contribution in [0.25, 0.3) is 0 Å². The van der Waals surface area contributed by atoms with Crippen molar-refractivity contribution in [1.82, 2.24) is 0 Å². The van der Waals surface area contributed by atoms with Crippen LogP contribution in [0.2, 0.25) is 0 Å². The van der Waals surface area contributed by atoms with Crippen LogP contribution < -0.4 is 5.73 Å². The molecule has 5 nitrogen and oxygen atoms in total. The van der Waals surface area contributed by atoms with E-state index in [0.717, 1.165) is 0 Å². The molecule has 1 unspecified atom stereocenters. The van der Waals surface area contributed by atoms with Crippen molar-refractivity contribution < 1.29 is 19.4 Å². The first-order valence-electron chi connectivity index (χ1n) is 5.40. The van der Waals surface area contributed by atoms with Crippen molar-refractivity contribution in [1.29, 1.82) is 0 Å². The van der Waals surface area contributed by atoms with Crippen molar-refractivity contribution in [3.05, 3.63) is 0 Å². The summed E-state index contributed by atoms with van der Waals surface area (Å²) in [7, 11) is 0. The van der Waals surface area contributed by atoms with E-state index in [2.05, 4.69) is 0 Å². The summed E-state index contributed by atoms with van der Waals surface area (Å²) < 4.78 is 5.10. The summed E-state index contributed by atoms with van der Waals surface area (Å²) in [6.07, 6.45) is 1.23. The molecule has 1 atom stereocenters. The van der Waals surface area contributed by atoms with Crippen LogP contribution >= 0.6 is 0 Å². The number of carboxylic acid groups (broad SMARTS) is 1. The van der Waals surface area contributed by atoms with Crippen LogP contribution in [-0.2, 0) is 14.3 Å². The van der Waals surface area contributed by atoms with Crippen molar-refractivity contribution in [2.75, 3.05) is 0 Å². The summed E-state index contributed by atoms with van der Waals surface area (Å²) in [6.45, 7) is 5.38. The van der Waals surface area contributed by atoms with Crippen molar-refractivity contribution in [3.63, 3.8) is 0 Å². The number of carboxylic acids is 1. The monoisotopic (exact) mass is 231 g/mol. The number of rotatable bonds is 6. The summed E-state index contributed by atoms with van der Waals surface area (Å²) in [4.78, 5) is 21.6. The first kappa shape index (κ1) is 14.9. The van der Waals surface area contributed by atoms with Crippen LogP contribution in [0.4, 0.5) is 0 Å². The van der Waals surface area contributed by atoms with E-state index in [1.165, 1.54) is 0 Å². The summed E-state index contributed by atoms with van der Waals surface area (Å²) in [5.74, 6) is -1.18. The zero-order valence-corrected chi connectivity index (χ0v) is 10.2. The van der Waals surface area contributed by atoms with Crippen LogP contribution in [0.15, 0.2) is 0 Å². The molecular weight excluding hydrogens is 210 g/mol. The Morgan fingerprint density at radius 3 is 2.38 bits per heavy atom. The molecule has 0 bridgehead atoms. The molecule has 0 aromatic heterocycles. The van der Waals surface area contributed by atoms with E-state index in [1.54, 1.807) is 20.8 Å². The molecule has 0 aliphatic heterocycles. The van der Waals surface area contributed by atoms with E-state index in [1.807, 2.05) is 0 Å². The molecule has 94 valence electrons. The van der Waals surface area contributed by atoms with Crippen LogP contribution in [0.1, 0.15) is 46.5 Å². The van der Waals surface area contributed by atoms with Crippen LogP contribution in [-0.4, -0.2) is 28.7 Å². The standard InChI is InChI=1S/C11H21NO4/c1-11(2,3)16-10(15)7-8(12)5-4-6-9(13)14/h8H,4-7,12H2,1-3H3,(H,13,14). The molecule has 3 N–H and O–H groups in total. The number of carbonyl (C=O) groups excluding carboxylic acids is 1. The third-order valence-electron chi connectivity index (χ3n) is 1.81. The molecule has 0 fully saturated rings. The fourth-order valence-electron chi connectivity index (χ4n) is 1.21. The number of nitrogens with two attached hydrogens (primary N) is 1. The van der Waals surface area contributed by atoms with Gasteiger partial charge in [-0.25, -0.2) is 0 Å². The molecule has 0 aliphatic rings. The third-order valence-corrected chi connectivity index (χ3v) is 1.81. The van der Waals surface area contributed by atoms with Gasteiger partial charge in [0.1, 0.15) is 5.60 Å². The van der Waals surface area contributed by atoms with E-state index in [9.17, 15) is 9.59 Å². The maximum atomic E-state index is 11.3. The number of esters is 1. The zero-order valence-electron chi connectivity index (χ0n) is 10.2. The number of hydrogen-bond acceptors (Lipinski definition) is 4. The summed E-state index contributed by atoms with van der Waals surface area (Å²) in [6, 6.07) is -0.325. The Morgan fingerprint density at radius 2 is 1.94 bits per heavy atom. The van der Waals surface area contributed by atoms with Crippen molar-refractivity contribution >= 4 is 11.9 Å². The highest BCUT2D eigenvalue weighted by Gasteiger charge is 2.18. The molecule has 0 saturated heterocycles. The second kappa shape index (κ2) is 6.48. The molecular formula is C11H21NO4. The second-order valence-corrected chi connectivity index (χ2v) is 4.84. The van der Waals surface area contributed by atoms with E-state index in [4.69, 9.17) is 15.6 Å². The zero-order chi connectivity index (χ0) is 12.8. The van der Waals surface area contributed by atoms with Crippen molar-refractivity contribution in [2.24, 2.45) is 5.73 Å². The van der Waals surface area contributed by atoms with Crippen LogP contribution in [0.5, 0.6) is 0 Å². The highest BCUT2D eigenvalue weighted by molar-refractivity contribution is 5.70. The Balaban J connectivity index is 3.74. The molecule has 0 spiro atoms. The predicted octanol–water partition coefficient (Wildman–Crippen LogP) is 1.30.